The summed E-state index contributed by atoms with van der Waals surface area (Å²) in [7, 11) is 0. The lowest BCUT2D eigenvalue weighted by molar-refractivity contribution is -0.274. The van der Waals surface area contributed by atoms with Gasteiger partial charge in [0.25, 0.3) is 0 Å². The maximum absolute atomic E-state index is 12.2. The lowest BCUT2D eigenvalue weighted by Crippen LogP contribution is -2.21. The minimum Gasteiger partial charge on any atom is -0.478 e. The monoisotopic (exact) mass is 376 g/mol. The van der Waals surface area contributed by atoms with Crippen molar-refractivity contribution in [3.8, 4) is 5.75 Å². The number of rotatable bonds is 4. The third-order valence-corrected chi connectivity index (χ3v) is 3.85. The number of carbonyl (C=O) groups is 1. The highest BCUT2D eigenvalue weighted by atomic mass is 19.4. The van der Waals surface area contributed by atoms with Gasteiger partial charge in [-0.25, -0.2) is 9.79 Å². The predicted molar refractivity (Wildman–Crippen MR) is 95.0 cm³/mol. The molecule has 0 fully saturated rings. The van der Waals surface area contributed by atoms with Gasteiger partial charge in [0.2, 0.25) is 0 Å². The van der Waals surface area contributed by atoms with E-state index in [-0.39, 0.29) is 11.3 Å². The van der Waals surface area contributed by atoms with E-state index in [2.05, 4.69) is 9.73 Å². The molecule has 0 aliphatic carbocycles. The number of aromatic carboxylic acids is 1. The average molecular weight is 376 g/mol. The molecule has 0 aromatic heterocycles. The van der Waals surface area contributed by atoms with Gasteiger partial charge in [-0.3, -0.25) is 0 Å². The zero-order valence-electron chi connectivity index (χ0n) is 14.0. The maximum Gasteiger partial charge on any atom is 0.573 e. The van der Waals surface area contributed by atoms with E-state index in [0.29, 0.717) is 29.9 Å². The molecule has 0 bridgehead atoms. The van der Waals surface area contributed by atoms with Crippen molar-refractivity contribution in [2.75, 3.05) is 11.4 Å². The van der Waals surface area contributed by atoms with Crippen LogP contribution >= 0.6 is 0 Å². The molecule has 1 N–H and O–H groups in total. The van der Waals surface area contributed by atoms with Gasteiger partial charge in [-0.05, 0) is 42.8 Å². The second-order valence-corrected chi connectivity index (χ2v) is 5.74. The van der Waals surface area contributed by atoms with Crippen molar-refractivity contribution >= 4 is 23.7 Å². The van der Waals surface area contributed by atoms with Crippen LogP contribution in [0.4, 0.5) is 18.9 Å². The normalized spacial score (nSPS) is 14.5. The van der Waals surface area contributed by atoms with Gasteiger partial charge in [0, 0.05) is 17.8 Å². The molecule has 0 spiro atoms. The highest BCUT2D eigenvalue weighted by molar-refractivity contribution is 5.90. The molecule has 0 saturated carbocycles. The number of carboxylic acids is 1. The Balaban J connectivity index is 1.75. The zero-order chi connectivity index (χ0) is 19.4. The quantitative estimate of drug-likeness (QED) is 0.850. The number of hydrogen-bond donors (Lipinski definition) is 1. The first kappa shape index (κ1) is 18.5. The molecule has 1 aliphatic rings. The van der Waals surface area contributed by atoms with Crippen LogP contribution < -0.4 is 9.64 Å². The molecular weight excluding hydrogens is 361 g/mol. The van der Waals surface area contributed by atoms with Crippen molar-refractivity contribution < 1.29 is 27.8 Å². The molecule has 1 aliphatic heterocycles. The van der Waals surface area contributed by atoms with E-state index in [1.165, 1.54) is 30.3 Å². The van der Waals surface area contributed by atoms with Crippen molar-refractivity contribution in [2.45, 2.75) is 12.8 Å². The molecule has 2 aromatic rings. The SMILES string of the molecule is O=C(O)c1cccc(C2=CCCN(c3ccc(OC(F)(F)F)cc3)C=N2)c1. The topological polar surface area (TPSA) is 62.1 Å². The Morgan fingerprint density at radius 1 is 1.15 bits per heavy atom. The molecule has 5 nitrogen and oxygen atoms in total. The third-order valence-electron chi connectivity index (χ3n) is 3.85. The van der Waals surface area contributed by atoms with Crippen LogP contribution in [0.3, 0.4) is 0 Å². The van der Waals surface area contributed by atoms with Gasteiger partial charge >= 0.3 is 12.3 Å². The zero-order valence-corrected chi connectivity index (χ0v) is 14.0. The summed E-state index contributed by atoms with van der Waals surface area (Å²) in [6.45, 7) is 0.574. The van der Waals surface area contributed by atoms with Crippen LogP contribution in [0.25, 0.3) is 5.70 Å². The molecule has 3 rings (SSSR count). The second kappa shape index (κ2) is 7.53. The van der Waals surface area contributed by atoms with Gasteiger partial charge in [-0.15, -0.1) is 13.2 Å². The first-order chi connectivity index (χ1) is 12.8. The smallest absolute Gasteiger partial charge is 0.478 e. The average Bonchev–Trinajstić information content (AvgIpc) is 2.87. The van der Waals surface area contributed by atoms with Crippen LogP contribution in [0.2, 0.25) is 0 Å². The fourth-order valence-corrected chi connectivity index (χ4v) is 2.62. The second-order valence-electron chi connectivity index (χ2n) is 5.74. The van der Waals surface area contributed by atoms with Crippen LogP contribution in [0.15, 0.2) is 59.6 Å². The van der Waals surface area contributed by atoms with E-state index in [9.17, 15) is 18.0 Å². The Morgan fingerprint density at radius 2 is 1.89 bits per heavy atom. The lowest BCUT2D eigenvalue weighted by Gasteiger charge is -2.18. The Bertz CT molecular complexity index is 890. The van der Waals surface area contributed by atoms with Gasteiger partial charge in [-0.2, -0.15) is 0 Å². The van der Waals surface area contributed by atoms with E-state index in [0.717, 1.165) is 0 Å². The van der Waals surface area contributed by atoms with E-state index in [1.807, 2.05) is 6.08 Å². The molecule has 0 radical (unpaired) electrons. The molecule has 0 amide bonds. The molecule has 2 aromatic carbocycles. The van der Waals surface area contributed by atoms with Crippen LogP contribution in [-0.2, 0) is 0 Å². The molecule has 140 valence electrons. The fourth-order valence-electron chi connectivity index (χ4n) is 2.62. The number of nitrogens with zero attached hydrogens (tertiary/aromatic N) is 2. The van der Waals surface area contributed by atoms with Crippen molar-refractivity contribution in [3.63, 3.8) is 0 Å². The molecule has 0 atom stereocenters. The standard InChI is InChI=1S/C19H15F3N2O3/c20-19(21,22)27-16-8-6-15(7-9-16)24-10-2-5-17(23-12-24)13-3-1-4-14(11-13)18(25)26/h1,3-9,11-12H,2,10H2,(H,25,26). The summed E-state index contributed by atoms with van der Waals surface area (Å²) in [4.78, 5) is 17.3. The third kappa shape index (κ3) is 4.87. The maximum atomic E-state index is 12.2. The number of carboxylic acid groups (broad SMARTS) is 1. The minimum atomic E-state index is -4.73. The van der Waals surface area contributed by atoms with Crippen LogP contribution in [0.1, 0.15) is 22.3 Å². The van der Waals surface area contributed by atoms with E-state index in [1.54, 1.807) is 29.4 Å². The Kier molecular flexibility index (Phi) is 5.16. The van der Waals surface area contributed by atoms with Crippen molar-refractivity contribution in [1.82, 2.24) is 0 Å². The van der Waals surface area contributed by atoms with Gasteiger partial charge in [0.1, 0.15) is 5.75 Å². The van der Waals surface area contributed by atoms with Crippen LogP contribution in [0.5, 0.6) is 5.75 Å². The number of benzene rings is 2. The summed E-state index contributed by atoms with van der Waals surface area (Å²) >= 11 is 0. The molecule has 0 saturated heterocycles. The first-order valence-electron chi connectivity index (χ1n) is 8.02. The molecule has 1 heterocycles. The number of hydrogen-bond acceptors (Lipinski definition) is 4. The largest absolute Gasteiger partial charge is 0.573 e. The summed E-state index contributed by atoms with van der Waals surface area (Å²) in [6, 6.07) is 12.0. The summed E-state index contributed by atoms with van der Waals surface area (Å²) < 4.78 is 40.6. The highest BCUT2D eigenvalue weighted by Crippen LogP contribution is 2.26. The lowest BCUT2D eigenvalue weighted by atomic mass is 10.1. The molecular formula is C19H15F3N2O3. The van der Waals surface area contributed by atoms with Crippen molar-refractivity contribution in [1.29, 1.82) is 0 Å². The van der Waals surface area contributed by atoms with E-state index in [4.69, 9.17) is 5.11 Å². The Hall–Kier alpha value is -3.29. The van der Waals surface area contributed by atoms with Crippen molar-refractivity contribution in [2.24, 2.45) is 4.99 Å². The first-order valence-corrected chi connectivity index (χ1v) is 8.02. The summed E-state index contributed by atoms with van der Waals surface area (Å²) in [5, 5.41) is 9.10. The molecule has 27 heavy (non-hydrogen) atoms. The van der Waals surface area contributed by atoms with Crippen LogP contribution in [0, 0.1) is 0 Å². The number of aliphatic imine (C=N–C) groups is 1. The van der Waals surface area contributed by atoms with Gasteiger partial charge in [0.15, 0.2) is 0 Å². The minimum absolute atomic E-state index is 0.171. The fraction of sp³-hybridized carbons (Fsp3) is 0.158. The summed E-state index contributed by atoms with van der Waals surface area (Å²) in [6.07, 6.45) is -0.632. The van der Waals surface area contributed by atoms with E-state index < -0.39 is 12.3 Å². The molecule has 0 unspecified atom stereocenters. The van der Waals surface area contributed by atoms with Gasteiger partial charge in [0.05, 0.1) is 17.6 Å². The number of alkyl halides is 3. The predicted octanol–water partition coefficient (Wildman–Crippen LogP) is 4.56. The highest BCUT2D eigenvalue weighted by Gasteiger charge is 2.31. The van der Waals surface area contributed by atoms with Crippen LogP contribution in [-0.4, -0.2) is 30.3 Å². The van der Waals surface area contributed by atoms with Gasteiger partial charge < -0.3 is 14.7 Å². The van der Waals surface area contributed by atoms with Crippen molar-refractivity contribution in [3.05, 3.63) is 65.7 Å². The summed E-state index contributed by atoms with van der Waals surface area (Å²) in [5.74, 6) is -1.31. The Morgan fingerprint density at radius 3 is 2.56 bits per heavy atom. The van der Waals surface area contributed by atoms with E-state index >= 15 is 0 Å². The number of halogens is 3. The summed E-state index contributed by atoms with van der Waals surface area (Å²) in [5.41, 5.74) is 2.16. The molecule has 8 heteroatoms. The Labute approximate surface area is 153 Å². The number of anilines is 1. The van der Waals surface area contributed by atoms with Gasteiger partial charge in [-0.1, -0.05) is 18.2 Å². The number of ether oxygens (including phenoxy) is 1.